The van der Waals surface area contributed by atoms with Crippen molar-refractivity contribution in [3.63, 3.8) is 0 Å². The van der Waals surface area contributed by atoms with Crippen LogP contribution in [0.25, 0.3) is 0 Å². The van der Waals surface area contributed by atoms with E-state index >= 15 is 0 Å². The zero-order valence-corrected chi connectivity index (χ0v) is 13.8. The Morgan fingerprint density at radius 2 is 2.22 bits per heavy atom. The smallest absolute Gasteiger partial charge is 0.307 e. The van der Waals surface area contributed by atoms with E-state index in [0.29, 0.717) is 6.54 Å². The van der Waals surface area contributed by atoms with Gasteiger partial charge in [-0.25, -0.2) is 5.43 Å². The van der Waals surface area contributed by atoms with Crippen LogP contribution in [0.3, 0.4) is 0 Å². The molecule has 1 aliphatic rings. The standard InChI is InChI=1S/C16H19N3O3S/c1-12-4-9-23-15(12)10-17-18-16(20)14-3-2-13(22-14)11-19-5-7-21-8-6-19/h2-4,9-10H,5-8,11H2,1H3,(H,18,20). The van der Waals surface area contributed by atoms with Gasteiger partial charge in [-0.05, 0) is 36.1 Å². The molecule has 2 aromatic heterocycles. The summed E-state index contributed by atoms with van der Waals surface area (Å²) in [5.41, 5.74) is 3.63. The molecule has 0 aliphatic carbocycles. The molecule has 7 heteroatoms. The molecule has 2 aromatic rings. The van der Waals surface area contributed by atoms with Gasteiger partial charge >= 0.3 is 5.91 Å². The quantitative estimate of drug-likeness (QED) is 0.673. The van der Waals surface area contributed by atoms with Crippen molar-refractivity contribution in [3.8, 4) is 0 Å². The van der Waals surface area contributed by atoms with Crippen molar-refractivity contribution in [3.05, 3.63) is 45.5 Å². The van der Waals surface area contributed by atoms with Gasteiger partial charge in [-0.15, -0.1) is 11.3 Å². The average Bonchev–Trinajstić information content (AvgIpc) is 3.18. The van der Waals surface area contributed by atoms with Crippen molar-refractivity contribution in [2.24, 2.45) is 5.10 Å². The first-order valence-electron chi connectivity index (χ1n) is 7.48. The van der Waals surface area contributed by atoms with Crippen LogP contribution in [0.5, 0.6) is 0 Å². The van der Waals surface area contributed by atoms with Crippen molar-refractivity contribution in [2.45, 2.75) is 13.5 Å². The van der Waals surface area contributed by atoms with Gasteiger partial charge in [0.25, 0.3) is 0 Å². The SMILES string of the molecule is Cc1ccsc1C=NNC(=O)c1ccc(CN2CCOCC2)o1. The minimum atomic E-state index is -0.344. The van der Waals surface area contributed by atoms with Gasteiger partial charge in [-0.2, -0.15) is 5.10 Å². The fourth-order valence-electron chi connectivity index (χ4n) is 2.29. The number of aryl methyl sites for hydroxylation is 1. The first kappa shape index (κ1) is 15.9. The molecule has 1 aliphatic heterocycles. The van der Waals surface area contributed by atoms with Crippen molar-refractivity contribution in [1.29, 1.82) is 0 Å². The summed E-state index contributed by atoms with van der Waals surface area (Å²) in [5, 5.41) is 5.96. The average molecular weight is 333 g/mol. The summed E-state index contributed by atoms with van der Waals surface area (Å²) >= 11 is 1.58. The van der Waals surface area contributed by atoms with Gasteiger partial charge in [0.05, 0.1) is 26.0 Å². The van der Waals surface area contributed by atoms with Gasteiger partial charge in [-0.3, -0.25) is 9.69 Å². The van der Waals surface area contributed by atoms with E-state index < -0.39 is 0 Å². The molecule has 0 unspecified atom stereocenters. The highest BCUT2D eigenvalue weighted by atomic mass is 32.1. The van der Waals surface area contributed by atoms with Gasteiger partial charge in [0.2, 0.25) is 0 Å². The van der Waals surface area contributed by atoms with Crippen LogP contribution in [0.15, 0.2) is 33.1 Å². The van der Waals surface area contributed by atoms with Crippen LogP contribution in [0.1, 0.15) is 26.8 Å². The normalized spacial score (nSPS) is 16.0. The van der Waals surface area contributed by atoms with Crippen molar-refractivity contribution in [2.75, 3.05) is 26.3 Å². The lowest BCUT2D eigenvalue weighted by Crippen LogP contribution is -2.35. The Balaban J connectivity index is 1.53. The third-order valence-electron chi connectivity index (χ3n) is 3.62. The van der Waals surface area contributed by atoms with E-state index in [-0.39, 0.29) is 11.7 Å². The summed E-state index contributed by atoms with van der Waals surface area (Å²) in [5.74, 6) is 0.701. The summed E-state index contributed by atoms with van der Waals surface area (Å²) in [4.78, 5) is 15.3. The lowest BCUT2D eigenvalue weighted by Gasteiger charge is -2.25. The Bertz CT molecular complexity index is 686. The van der Waals surface area contributed by atoms with E-state index in [2.05, 4.69) is 15.4 Å². The molecule has 23 heavy (non-hydrogen) atoms. The minimum absolute atomic E-state index is 0.272. The molecule has 0 saturated carbocycles. The second kappa shape index (κ2) is 7.54. The van der Waals surface area contributed by atoms with Crippen LogP contribution < -0.4 is 5.43 Å². The Kier molecular flexibility index (Phi) is 5.22. The molecular weight excluding hydrogens is 314 g/mol. The van der Waals surface area contributed by atoms with E-state index in [9.17, 15) is 4.79 Å². The molecule has 0 radical (unpaired) electrons. The Morgan fingerprint density at radius 1 is 1.39 bits per heavy atom. The number of carbonyl (C=O) groups excluding carboxylic acids is 1. The van der Waals surface area contributed by atoms with E-state index in [4.69, 9.17) is 9.15 Å². The molecule has 0 bridgehead atoms. The van der Waals surface area contributed by atoms with Gasteiger partial charge in [-0.1, -0.05) is 0 Å². The number of ether oxygens (including phenoxy) is 1. The number of rotatable bonds is 5. The summed E-state index contributed by atoms with van der Waals surface area (Å²) < 4.78 is 10.9. The molecule has 3 rings (SSSR count). The first-order chi connectivity index (χ1) is 11.2. The second-order valence-corrected chi connectivity index (χ2v) is 6.27. The third-order valence-corrected chi connectivity index (χ3v) is 4.57. The number of hydrogen-bond acceptors (Lipinski definition) is 6. The first-order valence-corrected chi connectivity index (χ1v) is 8.36. The second-order valence-electron chi connectivity index (χ2n) is 5.32. The lowest BCUT2D eigenvalue weighted by atomic mass is 10.3. The van der Waals surface area contributed by atoms with Gasteiger partial charge in [0.15, 0.2) is 5.76 Å². The van der Waals surface area contributed by atoms with Crippen LogP contribution in [-0.2, 0) is 11.3 Å². The highest BCUT2D eigenvalue weighted by Crippen LogP contribution is 2.13. The molecule has 1 amide bonds. The minimum Gasteiger partial charge on any atom is -0.454 e. The lowest BCUT2D eigenvalue weighted by molar-refractivity contribution is 0.0311. The molecule has 6 nitrogen and oxygen atoms in total. The summed E-state index contributed by atoms with van der Waals surface area (Å²) in [6.45, 7) is 5.94. The number of nitrogens with zero attached hydrogens (tertiary/aromatic N) is 2. The van der Waals surface area contributed by atoms with Crippen molar-refractivity contribution < 1.29 is 13.9 Å². The number of hydrazone groups is 1. The van der Waals surface area contributed by atoms with Gasteiger partial charge < -0.3 is 9.15 Å². The topological polar surface area (TPSA) is 67.1 Å². The maximum absolute atomic E-state index is 12.0. The molecule has 122 valence electrons. The van der Waals surface area contributed by atoms with Crippen molar-refractivity contribution >= 4 is 23.5 Å². The van der Waals surface area contributed by atoms with Crippen LogP contribution in [0.2, 0.25) is 0 Å². The number of hydrogen-bond donors (Lipinski definition) is 1. The van der Waals surface area contributed by atoms with Crippen LogP contribution in [0, 0.1) is 6.92 Å². The third kappa shape index (κ3) is 4.28. The molecule has 1 saturated heterocycles. The van der Waals surface area contributed by atoms with E-state index in [1.807, 2.05) is 24.4 Å². The fraction of sp³-hybridized carbons (Fsp3) is 0.375. The Hall–Kier alpha value is -1.96. The largest absolute Gasteiger partial charge is 0.454 e. The monoisotopic (exact) mass is 333 g/mol. The maximum Gasteiger partial charge on any atom is 0.307 e. The van der Waals surface area contributed by atoms with Crippen LogP contribution in [-0.4, -0.2) is 43.3 Å². The molecule has 3 heterocycles. The summed E-state index contributed by atoms with van der Waals surface area (Å²) in [6.07, 6.45) is 1.65. The molecule has 0 atom stereocenters. The van der Waals surface area contributed by atoms with E-state index in [0.717, 1.165) is 42.5 Å². The van der Waals surface area contributed by atoms with E-state index in [1.165, 1.54) is 0 Å². The fourth-order valence-corrected chi connectivity index (χ4v) is 3.07. The summed E-state index contributed by atoms with van der Waals surface area (Å²) in [6, 6.07) is 5.52. The molecule has 1 fully saturated rings. The van der Waals surface area contributed by atoms with E-state index in [1.54, 1.807) is 23.6 Å². The van der Waals surface area contributed by atoms with Crippen LogP contribution in [0.4, 0.5) is 0 Å². The van der Waals surface area contributed by atoms with Crippen molar-refractivity contribution in [1.82, 2.24) is 10.3 Å². The zero-order chi connectivity index (χ0) is 16.1. The Labute approximate surface area is 138 Å². The molecular formula is C16H19N3O3S. The number of carbonyl (C=O) groups is 1. The number of furan rings is 1. The van der Waals surface area contributed by atoms with Gasteiger partial charge in [0, 0.05) is 18.0 Å². The van der Waals surface area contributed by atoms with Gasteiger partial charge in [0.1, 0.15) is 5.76 Å². The predicted octanol–water partition coefficient (Wildman–Crippen LogP) is 2.25. The molecule has 1 N–H and O–H groups in total. The summed E-state index contributed by atoms with van der Waals surface area (Å²) in [7, 11) is 0. The zero-order valence-electron chi connectivity index (χ0n) is 12.9. The number of thiophene rings is 1. The number of amides is 1. The Morgan fingerprint density at radius 3 is 2.96 bits per heavy atom. The maximum atomic E-state index is 12.0. The number of nitrogens with one attached hydrogen (secondary N) is 1. The number of morpholine rings is 1. The highest BCUT2D eigenvalue weighted by molar-refractivity contribution is 7.11. The molecule has 0 aromatic carbocycles. The molecule has 0 spiro atoms. The highest BCUT2D eigenvalue weighted by Gasteiger charge is 2.15. The predicted molar refractivity (Wildman–Crippen MR) is 88.9 cm³/mol. The van der Waals surface area contributed by atoms with Crippen LogP contribution >= 0.6 is 11.3 Å².